The van der Waals surface area contributed by atoms with Crippen LogP contribution in [0.3, 0.4) is 0 Å². The SMILES string of the molecule is CC(C)=CCNS(=O)(=O)c1cc([N+](=O)[O-])c(Cl)cc1C. The number of rotatable bonds is 5. The molecule has 8 heteroatoms. The number of allylic oxidation sites excluding steroid dienone is 1. The molecule has 0 fully saturated rings. The van der Waals surface area contributed by atoms with Gasteiger partial charge in [-0.3, -0.25) is 10.1 Å². The lowest BCUT2D eigenvalue weighted by molar-refractivity contribution is -0.384. The fraction of sp³-hybridized carbons (Fsp3) is 0.333. The normalized spacial score (nSPS) is 11.2. The molecule has 0 radical (unpaired) electrons. The Kier molecular flexibility index (Phi) is 5.27. The van der Waals surface area contributed by atoms with Gasteiger partial charge in [0.15, 0.2) is 0 Å². The highest BCUT2D eigenvalue weighted by Crippen LogP contribution is 2.29. The Labute approximate surface area is 122 Å². The van der Waals surface area contributed by atoms with Gasteiger partial charge in [0.2, 0.25) is 10.0 Å². The number of nitro benzene ring substituents is 1. The maximum atomic E-state index is 12.1. The fourth-order valence-corrected chi connectivity index (χ4v) is 3.00. The third-order valence-corrected chi connectivity index (χ3v) is 4.38. The lowest BCUT2D eigenvalue weighted by Crippen LogP contribution is -2.24. The highest BCUT2D eigenvalue weighted by atomic mass is 35.5. The van der Waals surface area contributed by atoms with Crippen molar-refractivity contribution in [1.82, 2.24) is 4.72 Å². The lowest BCUT2D eigenvalue weighted by Gasteiger charge is -2.09. The highest BCUT2D eigenvalue weighted by Gasteiger charge is 2.22. The van der Waals surface area contributed by atoms with E-state index in [2.05, 4.69) is 4.72 Å². The number of hydrogen-bond acceptors (Lipinski definition) is 4. The number of nitrogens with one attached hydrogen (secondary N) is 1. The van der Waals surface area contributed by atoms with Crippen LogP contribution in [-0.4, -0.2) is 19.9 Å². The van der Waals surface area contributed by atoms with E-state index in [1.165, 1.54) is 13.0 Å². The van der Waals surface area contributed by atoms with Crippen molar-refractivity contribution < 1.29 is 13.3 Å². The Hall–Kier alpha value is -1.44. The van der Waals surface area contributed by atoms with E-state index in [9.17, 15) is 18.5 Å². The van der Waals surface area contributed by atoms with Gasteiger partial charge in [0.1, 0.15) is 5.02 Å². The summed E-state index contributed by atoms with van der Waals surface area (Å²) in [6.07, 6.45) is 1.71. The fourth-order valence-electron chi connectivity index (χ4n) is 1.50. The van der Waals surface area contributed by atoms with Crippen LogP contribution in [0.2, 0.25) is 5.02 Å². The van der Waals surface area contributed by atoms with E-state index in [0.29, 0.717) is 5.56 Å². The molecular weight excluding hydrogens is 304 g/mol. The van der Waals surface area contributed by atoms with Crippen molar-refractivity contribution in [2.75, 3.05) is 6.54 Å². The molecule has 0 atom stereocenters. The standard InChI is InChI=1S/C12H15ClN2O4S/c1-8(2)4-5-14-20(18,19)12-7-11(15(16)17)10(13)6-9(12)3/h4,6-7,14H,5H2,1-3H3. The van der Waals surface area contributed by atoms with Crippen LogP contribution < -0.4 is 4.72 Å². The van der Waals surface area contributed by atoms with Gasteiger partial charge < -0.3 is 0 Å². The molecule has 0 aliphatic heterocycles. The second kappa shape index (κ2) is 6.34. The molecule has 0 unspecified atom stereocenters. The highest BCUT2D eigenvalue weighted by molar-refractivity contribution is 7.89. The molecule has 20 heavy (non-hydrogen) atoms. The summed E-state index contributed by atoms with van der Waals surface area (Å²) < 4.78 is 26.6. The zero-order valence-electron chi connectivity index (χ0n) is 11.3. The third-order valence-electron chi connectivity index (χ3n) is 2.51. The molecule has 1 N–H and O–H groups in total. The molecule has 1 rings (SSSR count). The maximum absolute atomic E-state index is 12.1. The second-order valence-electron chi connectivity index (χ2n) is 4.46. The summed E-state index contributed by atoms with van der Waals surface area (Å²) in [5.41, 5.74) is 0.886. The molecule has 0 aromatic heterocycles. The molecule has 0 aliphatic rings. The molecular formula is C12H15ClN2O4S. The first-order chi connectivity index (χ1) is 9.15. The minimum Gasteiger partial charge on any atom is -0.258 e. The minimum absolute atomic E-state index is 0.0873. The van der Waals surface area contributed by atoms with Crippen LogP contribution >= 0.6 is 11.6 Å². The van der Waals surface area contributed by atoms with Gasteiger partial charge >= 0.3 is 0 Å². The summed E-state index contributed by atoms with van der Waals surface area (Å²) in [7, 11) is -3.82. The number of nitro groups is 1. The number of sulfonamides is 1. The van der Waals surface area contributed by atoms with Crippen molar-refractivity contribution in [3.63, 3.8) is 0 Å². The van der Waals surface area contributed by atoms with Crippen LogP contribution in [0, 0.1) is 17.0 Å². The number of halogens is 1. The van der Waals surface area contributed by atoms with Crippen LogP contribution in [0.15, 0.2) is 28.7 Å². The summed E-state index contributed by atoms with van der Waals surface area (Å²) in [5.74, 6) is 0. The van der Waals surface area contributed by atoms with Crippen LogP contribution in [0.25, 0.3) is 0 Å². The Morgan fingerprint density at radius 1 is 1.45 bits per heavy atom. The Morgan fingerprint density at radius 2 is 2.05 bits per heavy atom. The van der Waals surface area contributed by atoms with Crippen molar-refractivity contribution >= 4 is 27.3 Å². The zero-order chi connectivity index (χ0) is 15.5. The number of nitrogens with zero attached hydrogens (tertiary/aromatic N) is 1. The minimum atomic E-state index is -3.82. The molecule has 0 heterocycles. The summed E-state index contributed by atoms with van der Waals surface area (Å²) >= 11 is 5.73. The van der Waals surface area contributed by atoms with Gasteiger partial charge in [-0.1, -0.05) is 23.3 Å². The van der Waals surface area contributed by atoms with Gasteiger partial charge in [0.25, 0.3) is 5.69 Å². The van der Waals surface area contributed by atoms with Gasteiger partial charge in [-0.2, -0.15) is 0 Å². The smallest absolute Gasteiger partial charge is 0.258 e. The van der Waals surface area contributed by atoms with Gasteiger partial charge in [-0.15, -0.1) is 0 Å². The average molecular weight is 319 g/mol. The third kappa shape index (κ3) is 4.03. The Bertz CT molecular complexity index is 664. The van der Waals surface area contributed by atoms with Crippen LogP contribution in [0.1, 0.15) is 19.4 Å². The predicted octanol–water partition coefficient (Wildman–Crippen LogP) is 2.80. The largest absolute Gasteiger partial charge is 0.289 e. The molecule has 0 spiro atoms. The van der Waals surface area contributed by atoms with Crippen molar-refractivity contribution in [3.8, 4) is 0 Å². The van der Waals surface area contributed by atoms with Crippen molar-refractivity contribution in [3.05, 3.63) is 44.5 Å². The van der Waals surface area contributed by atoms with Crippen molar-refractivity contribution in [1.29, 1.82) is 0 Å². The van der Waals surface area contributed by atoms with Crippen LogP contribution in [0.5, 0.6) is 0 Å². The maximum Gasteiger partial charge on any atom is 0.289 e. The van der Waals surface area contributed by atoms with Gasteiger partial charge in [-0.05, 0) is 32.4 Å². The first-order valence-corrected chi connectivity index (χ1v) is 7.59. The molecule has 0 saturated carbocycles. The van der Waals surface area contributed by atoms with Crippen LogP contribution in [0.4, 0.5) is 5.69 Å². The quantitative estimate of drug-likeness (QED) is 0.513. The first kappa shape index (κ1) is 16.6. The number of hydrogen-bond donors (Lipinski definition) is 1. The Balaban J connectivity index is 3.21. The van der Waals surface area contributed by atoms with Crippen molar-refractivity contribution in [2.24, 2.45) is 0 Å². The lowest BCUT2D eigenvalue weighted by atomic mass is 10.2. The average Bonchev–Trinajstić information content (AvgIpc) is 2.26. The molecule has 0 saturated heterocycles. The topological polar surface area (TPSA) is 89.3 Å². The van der Waals surface area contributed by atoms with Gasteiger partial charge in [0.05, 0.1) is 9.82 Å². The Morgan fingerprint density at radius 3 is 2.55 bits per heavy atom. The van der Waals surface area contributed by atoms with E-state index in [1.807, 2.05) is 13.8 Å². The molecule has 110 valence electrons. The van der Waals surface area contributed by atoms with E-state index in [-0.39, 0.29) is 16.5 Å². The number of benzene rings is 1. The summed E-state index contributed by atoms with van der Waals surface area (Å²) in [6.45, 7) is 5.34. The van der Waals surface area contributed by atoms with Gasteiger partial charge in [0, 0.05) is 12.6 Å². The molecule has 6 nitrogen and oxygen atoms in total. The number of aryl methyl sites for hydroxylation is 1. The molecule has 0 amide bonds. The molecule has 1 aromatic carbocycles. The molecule has 0 bridgehead atoms. The van der Waals surface area contributed by atoms with E-state index in [1.54, 1.807) is 6.08 Å². The van der Waals surface area contributed by atoms with Crippen molar-refractivity contribution in [2.45, 2.75) is 25.7 Å². The van der Waals surface area contributed by atoms with E-state index >= 15 is 0 Å². The first-order valence-electron chi connectivity index (χ1n) is 5.72. The van der Waals surface area contributed by atoms with E-state index < -0.39 is 20.6 Å². The monoisotopic (exact) mass is 318 g/mol. The van der Waals surface area contributed by atoms with E-state index in [0.717, 1.165) is 11.6 Å². The van der Waals surface area contributed by atoms with E-state index in [4.69, 9.17) is 11.6 Å². The van der Waals surface area contributed by atoms with Gasteiger partial charge in [-0.25, -0.2) is 13.1 Å². The second-order valence-corrected chi connectivity index (χ2v) is 6.60. The molecule has 1 aromatic rings. The summed E-state index contributed by atoms with van der Waals surface area (Å²) in [4.78, 5) is 9.96. The van der Waals surface area contributed by atoms with Crippen LogP contribution in [-0.2, 0) is 10.0 Å². The zero-order valence-corrected chi connectivity index (χ0v) is 12.9. The predicted molar refractivity (Wildman–Crippen MR) is 77.5 cm³/mol. The summed E-state index contributed by atoms with van der Waals surface area (Å²) in [5, 5.41) is 10.7. The summed E-state index contributed by atoms with van der Waals surface area (Å²) in [6, 6.07) is 2.25. The molecule has 0 aliphatic carbocycles.